The number of aliphatic hydroxyl groups excluding tert-OH is 1. The second-order valence-electron chi connectivity index (χ2n) is 5.19. The second-order valence-corrected chi connectivity index (χ2v) is 6.32. The number of carbonyl (C=O) groups is 2. The number of aliphatic carboxylic acids is 1. The molecule has 1 fully saturated rings. The van der Waals surface area contributed by atoms with Crippen LogP contribution in [0.25, 0.3) is 4.91 Å². The topological polar surface area (TPSA) is 87.1 Å². The summed E-state index contributed by atoms with van der Waals surface area (Å²) in [7, 11) is 1.55. The van der Waals surface area contributed by atoms with Crippen molar-refractivity contribution in [3.63, 3.8) is 0 Å². The van der Waals surface area contributed by atoms with Gasteiger partial charge in [-0.1, -0.05) is 23.9 Å². The first-order valence-electron chi connectivity index (χ1n) is 6.75. The van der Waals surface area contributed by atoms with Crippen LogP contribution in [0.2, 0.25) is 0 Å². The van der Waals surface area contributed by atoms with Crippen LogP contribution in [-0.2, 0) is 9.59 Å². The van der Waals surface area contributed by atoms with Gasteiger partial charge in [-0.05, 0) is 24.6 Å². The maximum absolute atomic E-state index is 12.1. The summed E-state index contributed by atoms with van der Waals surface area (Å²) in [4.78, 5) is 25.5. The van der Waals surface area contributed by atoms with Crippen LogP contribution in [0.4, 0.5) is 0 Å². The molecule has 3 atom stereocenters. The van der Waals surface area contributed by atoms with E-state index in [9.17, 15) is 19.8 Å². The molecule has 0 bridgehead atoms. The number of thioether (sulfide) groups is 1. The fourth-order valence-corrected chi connectivity index (χ4v) is 4.34. The van der Waals surface area contributed by atoms with Crippen LogP contribution < -0.4 is 4.74 Å². The minimum absolute atomic E-state index is 0.0120. The molecule has 0 spiro atoms. The first-order chi connectivity index (χ1) is 10.5. The average Bonchev–Trinajstić information content (AvgIpc) is 2.82. The van der Waals surface area contributed by atoms with Crippen LogP contribution in [0.5, 0.6) is 5.75 Å². The van der Waals surface area contributed by atoms with E-state index in [1.165, 1.54) is 16.7 Å². The SMILES string of the molecule is COc1ccc(C2=C(C(=O)O)N3C(=O)[C@H]([C@@H](C)O)[C@H]3S2)cc1. The summed E-state index contributed by atoms with van der Waals surface area (Å²) in [6, 6.07) is 7.01. The molecule has 1 aromatic carbocycles. The van der Waals surface area contributed by atoms with Crippen molar-refractivity contribution in [2.45, 2.75) is 18.4 Å². The highest BCUT2D eigenvalue weighted by atomic mass is 32.2. The first-order valence-corrected chi connectivity index (χ1v) is 7.63. The molecule has 1 saturated heterocycles. The molecule has 7 heteroatoms. The maximum Gasteiger partial charge on any atom is 0.353 e. The van der Waals surface area contributed by atoms with Crippen LogP contribution >= 0.6 is 11.8 Å². The third-order valence-electron chi connectivity index (χ3n) is 3.85. The largest absolute Gasteiger partial charge is 0.497 e. The van der Waals surface area contributed by atoms with E-state index in [0.29, 0.717) is 10.7 Å². The number of fused-ring (bicyclic) bond motifs is 1. The van der Waals surface area contributed by atoms with E-state index in [-0.39, 0.29) is 17.0 Å². The van der Waals surface area contributed by atoms with Gasteiger partial charge in [0.25, 0.3) is 0 Å². The van der Waals surface area contributed by atoms with E-state index in [1.807, 2.05) is 0 Å². The molecule has 0 aliphatic carbocycles. The zero-order valence-electron chi connectivity index (χ0n) is 12.0. The lowest BCUT2D eigenvalue weighted by atomic mass is 9.92. The summed E-state index contributed by atoms with van der Waals surface area (Å²) < 4.78 is 5.09. The third-order valence-corrected chi connectivity index (χ3v) is 5.26. The smallest absolute Gasteiger partial charge is 0.353 e. The number of benzene rings is 1. The summed E-state index contributed by atoms with van der Waals surface area (Å²) in [6.07, 6.45) is -0.800. The van der Waals surface area contributed by atoms with Gasteiger partial charge in [0.05, 0.1) is 19.1 Å². The summed E-state index contributed by atoms with van der Waals surface area (Å²) >= 11 is 1.31. The van der Waals surface area contributed by atoms with Crippen molar-refractivity contribution in [3.05, 3.63) is 35.5 Å². The Balaban J connectivity index is 1.99. The summed E-state index contributed by atoms with van der Waals surface area (Å²) in [5.41, 5.74) is 0.705. The van der Waals surface area contributed by atoms with Gasteiger partial charge >= 0.3 is 5.97 Å². The zero-order valence-corrected chi connectivity index (χ0v) is 12.8. The monoisotopic (exact) mass is 321 g/mol. The Morgan fingerprint density at radius 3 is 2.50 bits per heavy atom. The van der Waals surface area contributed by atoms with Gasteiger partial charge in [-0.2, -0.15) is 0 Å². The number of nitrogens with zero attached hydrogens (tertiary/aromatic N) is 1. The molecule has 2 heterocycles. The van der Waals surface area contributed by atoms with Crippen molar-refractivity contribution in [2.24, 2.45) is 5.92 Å². The molecule has 2 aliphatic heterocycles. The molecule has 116 valence electrons. The van der Waals surface area contributed by atoms with Gasteiger partial charge in [0.1, 0.15) is 16.8 Å². The Hall–Kier alpha value is -1.99. The van der Waals surface area contributed by atoms with Crippen LogP contribution in [0.1, 0.15) is 12.5 Å². The number of carboxylic acids is 1. The standard InChI is InChI=1S/C15H15NO5S/c1-7(17)10-13(18)16-11(15(19)20)12(22-14(10)16)8-3-5-9(21-2)6-4-8/h3-7,10,14,17H,1-2H3,(H,19,20)/t7-,10+,14-/m1/s1. The summed E-state index contributed by atoms with van der Waals surface area (Å²) in [5, 5.41) is 18.8. The van der Waals surface area contributed by atoms with E-state index in [2.05, 4.69) is 0 Å². The van der Waals surface area contributed by atoms with Crippen LogP contribution in [0, 0.1) is 5.92 Å². The molecule has 3 rings (SSSR count). The number of hydrogen-bond donors (Lipinski definition) is 2. The van der Waals surface area contributed by atoms with Crippen molar-refractivity contribution in [1.82, 2.24) is 4.90 Å². The lowest BCUT2D eigenvalue weighted by Gasteiger charge is -2.43. The molecule has 0 radical (unpaired) electrons. The van der Waals surface area contributed by atoms with Gasteiger partial charge < -0.3 is 14.9 Å². The van der Waals surface area contributed by atoms with Gasteiger partial charge in [-0.15, -0.1) is 0 Å². The Kier molecular flexibility index (Phi) is 3.62. The number of rotatable bonds is 4. The van der Waals surface area contributed by atoms with Crippen molar-refractivity contribution in [2.75, 3.05) is 7.11 Å². The molecule has 0 saturated carbocycles. The number of hydrogen-bond acceptors (Lipinski definition) is 5. The average molecular weight is 321 g/mol. The van der Waals surface area contributed by atoms with Crippen molar-refractivity contribution in [1.29, 1.82) is 0 Å². The van der Waals surface area contributed by atoms with Crippen molar-refractivity contribution < 1.29 is 24.5 Å². The Morgan fingerprint density at radius 1 is 1.36 bits per heavy atom. The van der Waals surface area contributed by atoms with Gasteiger partial charge in [0.2, 0.25) is 5.91 Å². The molecular formula is C15H15NO5S. The van der Waals surface area contributed by atoms with Crippen molar-refractivity contribution >= 4 is 28.5 Å². The van der Waals surface area contributed by atoms with Gasteiger partial charge in [0, 0.05) is 4.91 Å². The predicted octanol–water partition coefficient (Wildman–Crippen LogP) is 1.36. The summed E-state index contributed by atoms with van der Waals surface area (Å²) in [5.74, 6) is -1.37. The number of ether oxygens (including phenoxy) is 1. The molecular weight excluding hydrogens is 306 g/mol. The quantitative estimate of drug-likeness (QED) is 0.814. The molecule has 0 aromatic heterocycles. The number of carboxylic acid groups (broad SMARTS) is 1. The maximum atomic E-state index is 12.1. The summed E-state index contributed by atoms with van der Waals surface area (Å²) in [6.45, 7) is 1.55. The molecule has 1 aromatic rings. The Morgan fingerprint density at radius 2 is 2.00 bits per heavy atom. The first kappa shape index (κ1) is 14.9. The second kappa shape index (κ2) is 5.33. The predicted molar refractivity (Wildman–Crippen MR) is 80.9 cm³/mol. The highest BCUT2D eigenvalue weighted by molar-refractivity contribution is 8.09. The van der Waals surface area contributed by atoms with E-state index < -0.39 is 18.0 Å². The normalized spacial score (nSPS) is 24.9. The lowest BCUT2D eigenvalue weighted by molar-refractivity contribution is -0.156. The Bertz CT molecular complexity index is 667. The number of methoxy groups -OCH3 is 1. The van der Waals surface area contributed by atoms with Crippen LogP contribution in [-0.4, -0.2) is 45.6 Å². The van der Waals surface area contributed by atoms with E-state index in [4.69, 9.17) is 4.74 Å². The number of β-lactam (4-membered cyclic amide) rings is 1. The van der Waals surface area contributed by atoms with E-state index >= 15 is 0 Å². The molecule has 22 heavy (non-hydrogen) atoms. The molecule has 0 unspecified atom stereocenters. The van der Waals surface area contributed by atoms with Gasteiger partial charge in [-0.3, -0.25) is 9.69 Å². The molecule has 2 N–H and O–H groups in total. The highest BCUT2D eigenvalue weighted by Gasteiger charge is 2.57. The third kappa shape index (κ3) is 2.08. The van der Waals surface area contributed by atoms with Crippen molar-refractivity contribution in [3.8, 4) is 5.75 Å². The minimum Gasteiger partial charge on any atom is -0.497 e. The molecule has 2 aliphatic rings. The van der Waals surface area contributed by atoms with E-state index in [1.54, 1.807) is 38.3 Å². The lowest BCUT2D eigenvalue weighted by Crippen LogP contribution is -2.60. The van der Waals surface area contributed by atoms with Crippen LogP contribution in [0.15, 0.2) is 30.0 Å². The van der Waals surface area contributed by atoms with Gasteiger partial charge in [0.15, 0.2) is 0 Å². The number of aliphatic hydroxyl groups is 1. The number of amides is 1. The fourth-order valence-electron chi connectivity index (χ4n) is 2.73. The van der Waals surface area contributed by atoms with Crippen LogP contribution in [0.3, 0.4) is 0 Å². The molecule has 6 nitrogen and oxygen atoms in total. The highest BCUT2D eigenvalue weighted by Crippen LogP contribution is 2.53. The number of carbonyl (C=O) groups excluding carboxylic acids is 1. The van der Waals surface area contributed by atoms with Gasteiger partial charge in [-0.25, -0.2) is 4.79 Å². The zero-order chi connectivity index (χ0) is 16.0. The van der Waals surface area contributed by atoms with E-state index in [0.717, 1.165) is 5.56 Å². The minimum atomic E-state index is -1.14. The Labute approximate surface area is 131 Å². The molecule has 1 amide bonds. The fraction of sp³-hybridized carbons (Fsp3) is 0.333.